The largest absolute Gasteiger partial charge is 0.329 e. The van der Waals surface area contributed by atoms with Gasteiger partial charge in [0.2, 0.25) is 0 Å². The number of H-pyrrole nitrogens is 1. The molecule has 0 amide bonds. The van der Waals surface area contributed by atoms with Crippen LogP contribution in [0.5, 0.6) is 0 Å². The lowest BCUT2D eigenvalue weighted by atomic mass is 10.2. The first kappa shape index (κ1) is 11.4. The lowest BCUT2D eigenvalue weighted by Gasteiger charge is -2.02. The molecule has 5 nitrogen and oxygen atoms in total. The summed E-state index contributed by atoms with van der Waals surface area (Å²) >= 11 is 1.16. The van der Waals surface area contributed by atoms with E-state index in [0.717, 1.165) is 24.0 Å². The molecule has 3 rings (SSSR count). The van der Waals surface area contributed by atoms with E-state index in [1.165, 1.54) is 4.57 Å². The molecule has 1 fully saturated rings. The molecule has 0 radical (unpaired) electrons. The molecule has 2 aromatic heterocycles. The summed E-state index contributed by atoms with van der Waals surface area (Å²) in [6, 6.07) is 0.00429. The summed E-state index contributed by atoms with van der Waals surface area (Å²) in [6.45, 7) is 3.75. The molecule has 0 unspecified atom stereocenters. The number of aromatic nitrogens is 2. The van der Waals surface area contributed by atoms with Crippen molar-refractivity contribution >= 4 is 27.8 Å². The molecule has 18 heavy (non-hydrogen) atoms. The van der Waals surface area contributed by atoms with Crippen molar-refractivity contribution in [1.82, 2.24) is 9.55 Å². The van der Waals surface area contributed by atoms with Gasteiger partial charge < -0.3 is 0 Å². The zero-order valence-corrected chi connectivity index (χ0v) is 10.8. The minimum absolute atomic E-state index is 0.00429. The second-order valence-electron chi connectivity index (χ2n) is 4.80. The molecule has 1 saturated carbocycles. The van der Waals surface area contributed by atoms with Crippen molar-refractivity contribution in [2.45, 2.75) is 26.3 Å². The SMILES string of the molecule is Cc1c(C=O)sc2[nH]c(=O)n([C@H]3C[C@@H]3C)c(=O)c12. The van der Waals surface area contributed by atoms with E-state index >= 15 is 0 Å². The van der Waals surface area contributed by atoms with Crippen LogP contribution in [0.3, 0.4) is 0 Å². The van der Waals surface area contributed by atoms with Crippen LogP contribution in [0.4, 0.5) is 0 Å². The van der Waals surface area contributed by atoms with Crippen molar-refractivity contribution in [3.05, 3.63) is 31.3 Å². The van der Waals surface area contributed by atoms with Crippen molar-refractivity contribution in [3.63, 3.8) is 0 Å². The van der Waals surface area contributed by atoms with E-state index in [2.05, 4.69) is 4.98 Å². The number of aldehydes is 1. The summed E-state index contributed by atoms with van der Waals surface area (Å²) in [6.07, 6.45) is 1.58. The van der Waals surface area contributed by atoms with E-state index < -0.39 is 0 Å². The highest BCUT2D eigenvalue weighted by Crippen LogP contribution is 2.41. The number of carbonyl (C=O) groups excluding carboxylic acids is 1. The van der Waals surface area contributed by atoms with Crippen LogP contribution in [0.25, 0.3) is 10.2 Å². The summed E-state index contributed by atoms with van der Waals surface area (Å²) in [7, 11) is 0. The zero-order chi connectivity index (χ0) is 13.0. The molecule has 1 aliphatic carbocycles. The quantitative estimate of drug-likeness (QED) is 0.834. The van der Waals surface area contributed by atoms with Crippen LogP contribution in [-0.2, 0) is 0 Å². The molecular formula is C12H12N2O3S. The van der Waals surface area contributed by atoms with Gasteiger partial charge in [0.15, 0.2) is 6.29 Å². The van der Waals surface area contributed by atoms with Gasteiger partial charge in [0.1, 0.15) is 4.83 Å². The van der Waals surface area contributed by atoms with Gasteiger partial charge in [-0.25, -0.2) is 4.79 Å². The Hall–Kier alpha value is -1.69. The van der Waals surface area contributed by atoms with Crippen LogP contribution in [0, 0.1) is 12.8 Å². The molecule has 94 valence electrons. The summed E-state index contributed by atoms with van der Waals surface area (Å²) in [5, 5.41) is 0.473. The zero-order valence-electron chi connectivity index (χ0n) is 10.0. The number of fused-ring (bicyclic) bond motifs is 1. The number of hydrogen-bond acceptors (Lipinski definition) is 4. The predicted octanol–water partition coefficient (Wildman–Crippen LogP) is 1.45. The Morgan fingerprint density at radius 1 is 1.44 bits per heavy atom. The number of carbonyl (C=O) groups is 1. The summed E-state index contributed by atoms with van der Waals surface area (Å²) < 4.78 is 1.29. The number of thiophene rings is 1. The lowest BCUT2D eigenvalue weighted by molar-refractivity contribution is 0.112. The number of rotatable bonds is 2. The van der Waals surface area contributed by atoms with Gasteiger partial charge in [-0.3, -0.25) is 19.1 Å². The third-order valence-electron chi connectivity index (χ3n) is 3.56. The van der Waals surface area contributed by atoms with Crippen LogP contribution < -0.4 is 11.2 Å². The Balaban J connectivity index is 2.40. The maximum absolute atomic E-state index is 12.4. The molecule has 0 bridgehead atoms. The normalized spacial score (nSPS) is 22.3. The molecule has 2 aromatic rings. The Morgan fingerprint density at radius 2 is 2.11 bits per heavy atom. The third-order valence-corrected chi connectivity index (χ3v) is 4.69. The molecule has 6 heteroatoms. The molecule has 0 aliphatic heterocycles. The smallest absolute Gasteiger partial charge is 0.298 e. The van der Waals surface area contributed by atoms with Gasteiger partial charge in [0.25, 0.3) is 5.56 Å². The highest BCUT2D eigenvalue weighted by molar-refractivity contribution is 7.20. The number of nitrogens with zero attached hydrogens (tertiary/aromatic N) is 1. The van der Waals surface area contributed by atoms with Crippen molar-refractivity contribution in [2.75, 3.05) is 0 Å². The first-order chi connectivity index (χ1) is 8.54. The number of nitrogens with one attached hydrogen (secondary N) is 1. The van der Waals surface area contributed by atoms with Crippen LogP contribution in [-0.4, -0.2) is 15.8 Å². The molecule has 1 N–H and O–H groups in total. The molecule has 0 spiro atoms. The van der Waals surface area contributed by atoms with E-state index in [0.29, 0.717) is 26.6 Å². The fourth-order valence-corrected chi connectivity index (χ4v) is 3.33. The van der Waals surface area contributed by atoms with Gasteiger partial charge in [0, 0.05) is 6.04 Å². The molecule has 2 heterocycles. The maximum atomic E-state index is 12.4. The van der Waals surface area contributed by atoms with Gasteiger partial charge in [-0.15, -0.1) is 11.3 Å². The van der Waals surface area contributed by atoms with Gasteiger partial charge >= 0.3 is 5.69 Å². The van der Waals surface area contributed by atoms with Crippen LogP contribution >= 0.6 is 11.3 Å². The average molecular weight is 264 g/mol. The highest BCUT2D eigenvalue weighted by atomic mass is 32.1. The topological polar surface area (TPSA) is 71.9 Å². The molecule has 0 aromatic carbocycles. The predicted molar refractivity (Wildman–Crippen MR) is 69.6 cm³/mol. The fraction of sp³-hybridized carbons (Fsp3) is 0.417. The van der Waals surface area contributed by atoms with E-state index in [9.17, 15) is 14.4 Å². The summed E-state index contributed by atoms with van der Waals surface area (Å²) in [4.78, 5) is 38.9. The first-order valence-corrected chi connectivity index (χ1v) is 6.59. The highest BCUT2D eigenvalue weighted by Gasteiger charge is 2.37. The summed E-state index contributed by atoms with van der Waals surface area (Å²) in [5.74, 6) is 0.366. The lowest BCUT2D eigenvalue weighted by Crippen LogP contribution is -2.34. The van der Waals surface area contributed by atoms with Crippen molar-refractivity contribution in [1.29, 1.82) is 0 Å². The van der Waals surface area contributed by atoms with Gasteiger partial charge in [-0.05, 0) is 24.8 Å². The summed E-state index contributed by atoms with van der Waals surface area (Å²) in [5.41, 5.74) is 0.0128. The second-order valence-corrected chi connectivity index (χ2v) is 5.85. The Bertz CT molecular complexity index is 768. The van der Waals surface area contributed by atoms with Crippen molar-refractivity contribution in [3.8, 4) is 0 Å². The van der Waals surface area contributed by atoms with Gasteiger partial charge in [-0.2, -0.15) is 0 Å². The van der Waals surface area contributed by atoms with Crippen LogP contribution in [0.2, 0.25) is 0 Å². The molecule has 1 aliphatic rings. The number of aromatic amines is 1. The monoisotopic (exact) mass is 264 g/mol. The van der Waals surface area contributed by atoms with Crippen LogP contribution in [0.15, 0.2) is 9.59 Å². The minimum atomic E-state index is -0.374. The van der Waals surface area contributed by atoms with Crippen LogP contribution in [0.1, 0.15) is 34.6 Å². The Labute approximate surface area is 106 Å². The average Bonchev–Trinajstić information content (AvgIpc) is 2.91. The van der Waals surface area contributed by atoms with Gasteiger partial charge in [-0.1, -0.05) is 6.92 Å². The minimum Gasteiger partial charge on any atom is -0.298 e. The Morgan fingerprint density at radius 3 is 2.67 bits per heavy atom. The third kappa shape index (κ3) is 1.42. The second kappa shape index (κ2) is 3.65. The van der Waals surface area contributed by atoms with Crippen molar-refractivity contribution in [2.24, 2.45) is 5.92 Å². The maximum Gasteiger partial charge on any atom is 0.329 e. The van der Waals surface area contributed by atoms with Crippen molar-refractivity contribution < 1.29 is 4.79 Å². The first-order valence-electron chi connectivity index (χ1n) is 5.77. The standard InChI is InChI=1S/C12H12N2O3S/c1-5-3-7(5)14-11(16)9-6(2)8(4-15)18-10(9)13-12(14)17/h4-5,7H,3H2,1-2H3,(H,13,17)/t5-,7-/m0/s1. The number of aryl methyl sites for hydroxylation is 1. The number of hydrogen-bond donors (Lipinski definition) is 1. The molecule has 0 saturated heterocycles. The van der Waals surface area contributed by atoms with E-state index in [1.807, 2.05) is 6.92 Å². The molecular weight excluding hydrogens is 252 g/mol. The van der Waals surface area contributed by atoms with Gasteiger partial charge in [0.05, 0.1) is 10.3 Å². The molecule has 2 atom stereocenters. The van der Waals surface area contributed by atoms with E-state index in [4.69, 9.17) is 0 Å². The van der Waals surface area contributed by atoms with E-state index in [1.54, 1.807) is 6.92 Å². The Kier molecular flexibility index (Phi) is 2.31. The van der Waals surface area contributed by atoms with E-state index in [-0.39, 0.29) is 17.3 Å². The fourth-order valence-electron chi connectivity index (χ4n) is 2.32.